The van der Waals surface area contributed by atoms with Gasteiger partial charge in [0.1, 0.15) is 0 Å². The van der Waals surface area contributed by atoms with E-state index >= 15 is 0 Å². The summed E-state index contributed by atoms with van der Waals surface area (Å²) in [6.45, 7) is 11.0. The van der Waals surface area contributed by atoms with E-state index < -0.39 is 22.0 Å². The second-order valence-corrected chi connectivity index (χ2v) is 10.6. The van der Waals surface area contributed by atoms with Crippen molar-refractivity contribution in [1.29, 1.82) is 0 Å². The maximum Gasteiger partial charge on any atom is 0.490 e. The van der Waals surface area contributed by atoms with Crippen LogP contribution in [-0.2, 0) is 19.4 Å². The van der Waals surface area contributed by atoms with Crippen LogP contribution < -0.4 is 0 Å². The first kappa shape index (κ1) is 25.7. The van der Waals surface area contributed by atoms with E-state index in [2.05, 4.69) is 18.7 Å². The molecule has 2 aliphatic heterocycles. The SMILES string of the molecule is CC(C)CN1CCS(=O)(=O)[C@@H]2CCN(C(=O)C(C)C)CC[C@@H]21.O=C(O)C(F)(F)F. The molecular formula is C18H31F3N2O5S. The van der Waals surface area contributed by atoms with E-state index in [0.717, 1.165) is 13.0 Å². The molecule has 0 bridgehead atoms. The first-order chi connectivity index (χ1) is 13.2. The van der Waals surface area contributed by atoms with Gasteiger partial charge in [-0.3, -0.25) is 9.69 Å². The van der Waals surface area contributed by atoms with Crippen molar-refractivity contribution in [1.82, 2.24) is 9.80 Å². The van der Waals surface area contributed by atoms with Gasteiger partial charge in [-0.15, -0.1) is 0 Å². The lowest BCUT2D eigenvalue weighted by Crippen LogP contribution is -2.55. The lowest BCUT2D eigenvalue weighted by atomic mass is 10.0. The maximum absolute atomic E-state index is 12.5. The average Bonchev–Trinajstić information content (AvgIpc) is 2.80. The largest absolute Gasteiger partial charge is 0.490 e. The van der Waals surface area contributed by atoms with Crippen molar-refractivity contribution in [2.24, 2.45) is 11.8 Å². The predicted molar refractivity (Wildman–Crippen MR) is 102 cm³/mol. The van der Waals surface area contributed by atoms with Crippen molar-refractivity contribution in [2.75, 3.05) is 31.9 Å². The van der Waals surface area contributed by atoms with Crippen LogP contribution >= 0.6 is 0 Å². The fraction of sp³-hybridized carbons (Fsp3) is 0.889. The predicted octanol–water partition coefficient (Wildman–Crippen LogP) is 2.02. The second-order valence-electron chi connectivity index (χ2n) is 8.22. The van der Waals surface area contributed by atoms with E-state index in [1.54, 1.807) is 0 Å². The first-order valence-electron chi connectivity index (χ1n) is 9.71. The van der Waals surface area contributed by atoms with Crippen LogP contribution in [0.2, 0.25) is 0 Å². The van der Waals surface area contributed by atoms with Crippen LogP contribution in [0.4, 0.5) is 13.2 Å². The summed E-state index contributed by atoms with van der Waals surface area (Å²) in [5.41, 5.74) is 0. The highest BCUT2D eigenvalue weighted by Gasteiger charge is 2.43. The third kappa shape index (κ3) is 7.44. The Morgan fingerprint density at radius 2 is 1.59 bits per heavy atom. The fourth-order valence-electron chi connectivity index (χ4n) is 3.74. The van der Waals surface area contributed by atoms with Gasteiger partial charge in [0.15, 0.2) is 9.84 Å². The number of sulfone groups is 1. The molecule has 2 rings (SSSR count). The van der Waals surface area contributed by atoms with E-state index in [4.69, 9.17) is 9.90 Å². The first-order valence-corrected chi connectivity index (χ1v) is 11.4. The van der Waals surface area contributed by atoms with Crippen molar-refractivity contribution in [2.45, 2.75) is 58.0 Å². The molecule has 0 radical (unpaired) electrons. The van der Waals surface area contributed by atoms with Crippen molar-refractivity contribution < 1.29 is 36.3 Å². The minimum Gasteiger partial charge on any atom is -0.475 e. The van der Waals surface area contributed by atoms with E-state index in [1.807, 2.05) is 18.7 Å². The molecule has 2 heterocycles. The maximum atomic E-state index is 12.5. The molecular weight excluding hydrogens is 413 g/mol. The Kier molecular flexibility index (Phi) is 8.94. The van der Waals surface area contributed by atoms with Gasteiger partial charge in [0.25, 0.3) is 0 Å². The van der Waals surface area contributed by atoms with Crippen molar-refractivity contribution >= 4 is 21.7 Å². The molecule has 2 saturated heterocycles. The van der Waals surface area contributed by atoms with Crippen molar-refractivity contribution in [3.63, 3.8) is 0 Å². The lowest BCUT2D eigenvalue weighted by Gasteiger charge is -2.40. The molecule has 0 saturated carbocycles. The van der Waals surface area contributed by atoms with Gasteiger partial charge in [-0.1, -0.05) is 27.7 Å². The van der Waals surface area contributed by atoms with Gasteiger partial charge in [0, 0.05) is 38.1 Å². The molecule has 0 aromatic rings. The second kappa shape index (κ2) is 10.1. The number of alkyl halides is 3. The monoisotopic (exact) mass is 444 g/mol. The molecule has 1 amide bonds. The number of likely N-dealkylation sites (tertiary alicyclic amines) is 1. The van der Waals surface area contributed by atoms with Gasteiger partial charge < -0.3 is 10.0 Å². The van der Waals surface area contributed by atoms with Gasteiger partial charge in [-0.25, -0.2) is 13.2 Å². The van der Waals surface area contributed by atoms with Gasteiger partial charge in [-0.05, 0) is 18.8 Å². The summed E-state index contributed by atoms with van der Waals surface area (Å²) in [6.07, 6.45) is -3.73. The number of amides is 1. The van der Waals surface area contributed by atoms with Crippen LogP contribution in [-0.4, -0.2) is 84.6 Å². The smallest absolute Gasteiger partial charge is 0.475 e. The number of carbonyl (C=O) groups excluding carboxylic acids is 1. The Hall–Kier alpha value is -1.36. The van der Waals surface area contributed by atoms with Gasteiger partial charge in [0.2, 0.25) is 5.91 Å². The molecule has 0 aromatic carbocycles. The van der Waals surface area contributed by atoms with Crippen LogP contribution in [0.3, 0.4) is 0 Å². The zero-order valence-corrected chi connectivity index (χ0v) is 18.1. The summed E-state index contributed by atoms with van der Waals surface area (Å²) >= 11 is 0. The number of carboxylic acid groups (broad SMARTS) is 1. The molecule has 0 aromatic heterocycles. The van der Waals surface area contributed by atoms with Crippen LogP contribution in [0, 0.1) is 11.8 Å². The minimum absolute atomic E-state index is 0.0245. The van der Waals surface area contributed by atoms with E-state index in [0.29, 0.717) is 32.0 Å². The number of carbonyl (C=O) groups is 2. The number of hydrogen-bond acceptors (Lipinski definition) is 5. The number of fused-ring (bicyclic) bond motifs is 1. The Labute approximate surface area is 170 Å². The highest BCUT2D eigenvalue weighted by atomic mass is 32.2. The van der Waals surface area contributed by atoms with E-state index in [-0.39, 0.29) is 28.9 Å². The normalized spacial score (nSPS) is 25.1. The van der Waals surface area contributed by atoms with Crippen molar-refractivity contribution in [3.8, 4) is 0 Å². The summed E-state index contributed by atoms with van der Waals surface area (Å²) in [5.74, 6) is -1.85. The van der Waals surface area contributed by atoms with Crippen LogP contribution in [0.1, 0.15) is 40.5 Å². The number of aliphatic carboxylic acids is 1. The summed E-state index contributed by atoms with van der Waals surface area (Å²) < 4.78 is 56.7. The zero-order chi connectivity index (χ0) is 22.6. The van der Waals surface area contributed by atoms with Crippen LogP contribution in [0.5, 0.6) is 0 Å². The Bertz CT molecular complexity index is 679. The van der Waals surface area contributed by atoms with Gasteiger partial charge in [0.05, 0.1) is 11.0 Å². The third-order valence-electron chi connectivity index (χ3n) is 5.05. The molecule has 11 heteroatoms. The number of carboxylic acids is 1. The highest BCUT2D eigenvalue weighted by molar-refractivity contribution is 7.92. The quantitative estimate of drug-likeness (QED) is 0.716. The van der Waals surface area contributed by atoms with Crippen LogP contribution in [0.25, 0.3) is 0 Å². The summed E-state index contributed by atoms with van der Waals surface area (Å²) in [5, 5.41) is 6.82. The molecule has 0 aliphatic carbocycles. The topological polar surface area (TPSA) is 95.0 Å². The molecule has 1 N–H and O–H groups in total. The van der Waals surface area contributed by atoms with E-state index in [1.165, 1.54) is 0 Å². The molecule has 7 nitrogen and oxygen atoms in total. The lowest BCUT2D eigenvalue weighted by molar-refractivity contribution is -0.192. The summed E-state index contributed by atoms with van der Waals surface area (Å²) in [7, 11) is -3.02. The van der Waals surface area contributed by atoms with Crippen LogP contribution in [0.15, 0.2) is 0 Å². The molecule has 29 heavy (non-hydrogen) atoms. The molecule has 170 valence electrons. The van der Waals surface area contributed by atoms with Crippen molar-refractivity contribution in [3.05, 3.63) is 0 Å². The molecule has 0 spiro atoms. The Morgan fingerprint density at radius 1 is 1.07 bits per heavy atom. The average molecular weight is 445 g/mol. The standard InChI is InChI=1S/C16H30N2O3S.C2HF3O2/c1-12(2)11-18-9-10-22(20,21)15-6-8-17(7-5-14(15)18)16(19)13(3)4;3-2(4,5)1(6)7/h12-15H,5-11H2,1-4H3;(H,6,7)/t14-,15+;/m0./s1. The molecule has 2 atom stereocenters. The fourth-order valence-corrected chi connectivity index (χ4v) is 5.78. The molecule has 0 unspecified atom stereocenters. The van der Waals surface area contributed by atoms with Gasteiger partial charge in [-0.2, -0.15) is 13.2 Å². The minimum atomic E-state index is -5.08. The molecule has 2 fully saturated rings. The number of rotatable bonds is 3. The Morgan fingerprint density at radius 3 is 2.03 bits per heavy atom. The molecule has 2 aliphatic rings. The number of nitrogens with zero attached hydrogens (tertiary/aromatic N) is 2. The Balaban J connectivity index is 0.000000516. The summed E-state index contributed by atoms with van der Waals surface area (Å²) in [6, 6.07) is 0.0751. The highest BCUT2D eigenvalue weighted by Crippen LogP contribution is 2.29. The summed E-state index contributed by atoms with van der Waals surface area (Å²) in [4.78, 5) is 25.3. The van der Waals surface area contributed by atoms with Gasteiger partial charge >= 0.3 is 12.1 Å². The number of halogens is 3. The van der Waals surface area contributed by atoms with E-state index in [9.17, 15) is 26.4 Å². The third-order valence-corrected chi connectivity index (χ3v) is 7.27. The zero-order valence-electron chi connectivity index (χ0n) is 17.3. The number of hydrogen-bond donors (Lipinski definition) is 1.